The average Bonchev–Trinajstić information content (AvgIpc) is 3.02. The van der Waals surface area contributed by atoms with Crippen molar-refractivity contribution >= 4 is 38.9 Å². The maximum Gasteiger partial charge on any atom is 0.271 e. The fourth-order valence-corrected chi connectivity index (χ4v) is 3.02. The molecule has 6 nitrogen and oxygen atoms in total. The lowest BCUT2D eigenvalue weighted by Gasteiger charge is -2.07. The van der Waals surface area contributed by atoms with Gasteiger partial charge in [0.1, 0.15) is 18.0 Å². The average molecular weight is 420 g/mol. The number of amides is 1. The molecule has 2 heterocycles. The largest absolute Gasteiger partial charge is 0.487 e. The fourth-order valence-electron chi connectivity index (χ4n) is 2.08. The molecule has 2 N–H and O–H groups in total. The van der Waals surface area contributed by atoms with Crippen LogP contribution in [0.5, 0.6) is 5.75 Å². The highest BCUT2D eigenvalue weighted by Gasteiger charge is 2.09. The number of rotatable bonds is 5. The standard InChI is InChI=1S/C17H14BrN3O3S/c1-10-20-13(9-25-10)8-24-14-4-2-11(3-5-14)16(22)21-15-6-12(18)7-19-17(15)23/h2-7,9H,8H2,1H3,(H,19,23)(H,21,22). The molecule has 8 heteroatoms. The lowest BCUT2D eigenvalue weighted by atomic mass is 10.2. The lowest BCUT2D eigenvalue weighted by molar-refractivity contribution is 0.102. The van der Waals surface area contributed by atoms with Crippen molar-refractivity contribution in [1.29, 1.82) is 0 Å². The van der Waals surface area contributed by atoms with E-state index in [1.165, 1.54) is 6.20 Å². The van der Waals surface area contributed by atoms with Gasteiger partial charge in [0, 0.05) is 21.6 Å². The van der Waals surface area contributed by atoms with Gasteiger partial charge in [0.2, 0.25) is 0 Å². The number of pyridine rings is 1. The molecule has 2 aromatic heterocycles. The summed E-state index contributed by atoms with van der Waals surface area (Å²) in [5.41, 5.74) is 1.11. The number of aromatic nitrogens is 2. The molecule has 0 bridgehead atoms. The van der Waals surface area contributed by atoms with E-state index in [1.54, 1.807) is 41.7 Å². The summed E-state index contributed by atoms with van der Waals surface area (Å²) in [5.74, 6) is 0.271. The van der Waals surface area contributed by atoms with Crippen LogP contribution in [-0.4, -0.2) is 15.9 Å². The molecule has 0 fully saturated rings. The van der Waals surface area contributed by atoms with Crippen LogP contribution < -0.4 is 15.6 Å². The number of nitrogens with zero attached hydrogens (tertiary/aromatic N) is 1. The number of hydrogen-bond donors (Lipinski definition) is 2. The van der Waals surface area contributed by atoms with E-state index in [1.807, 2.05) is 12.3 Å². The van der Waals surface area contributed by atoms with Crippen molar-refractivity contribution in [3.05, 3.63) is 73.0 Å². The van der Waals surface area contributed by atoms with Crippen molar-refractivity contribution in [2.24, 2.45) is 0 Å². The minimum absolute atomic E-state index is 0.179. The van der Waals surface area contributed by atoms with Crippen molar-refractivity contribution < 1.29 is 9.53 Å². The topological polar surface area (TPSA) is 84.1 Å². The van der Waals surface area contributed by atoms with Crippen molar-refractivity contribution in [2.45, 2.75) is 13.5 Å². The first-order valence-corrected chi connectivity index (χ1v) is 9.02. The molecule has 1 aromatic carbocycles. The van der Waals surface area contributed by atoms with E-state index < -0.39 is 0 Å². The maximum atomic E-state index is 12.2. The molecule has 128 valence electrons. The highest BCUT2D eigenvalue weighted by molar-refractivity contribution is 9.10. The Hall–Kier alpha value is -2.45. The Kier molecular flexibility index (Phi) is 5.30. The Morgan fingerprint density at radius 1 is 1.36 bits per heavy atom. The van der Waals surface area contributed by atoms with Crippen LogP contribution in [-0.2, 0) is 6.61 Å². The third kappa shape index (κ3) is 4.55. The molecular weight excluding hydrogens is 406 g/mol. The summed E-state index contributed by atoms with van der Waals surface area (Å²) in [6.07, 6.45) is 1.51. The van der Waals surface area contributed by atoms with Crippen LogP contribution in [0.25, 0.3) is 0 Å². The van der Waals surface area contributed by atoms with Crippen LogP contribution in [0.2, 0.25) is 0 Å². The van der Waals surface area contributed by atoms with E-state index in [2.05, 4.69) is 31.2 Å². The molecule has 0 radical (unpaired) electrons. The van der Waals surface area contributed by atoms with Crippen LogP contribution in [0.4, 0.5) is 5.69 Å². The minimum Gasteiger partial charge on any atom is -0.487 e. The van der Waals surface area contributed by atoms with E-state index in [0.717, 1.165) is 10.7 Å². The molecule has 0 aliphatic rings. The van der Waals surface area contributed by atoms with Gasteiger partial charge in [0.05, 0.1) is 10.7 Å². The maximum absolute atomic E-state index is 12.2. The number of halogens is 1. The summed E-state index contributed by atoms with van der Waals surface area (Å²) < 4.78 is 6.31. The minimum atomic E-state index is -0.370. The Bertz CT molecular complexity index is 950. The van der Waals surface area contributed by atoms with Gasteiger partial charge in [-0.05, 0) is 53.2 Å². The summed E-state index contributed by atoms with van der Waals surface area (Å²) >= 11 is 4.82. The first-order valence-electron chi connectivity index (χ1n) is 7.35. The zero-order valence-corrected chi connectivity index (χ0v) is 15.6. The molecule has 0 unspecified atom stereocenters. The van der Waals surface area contributed by atoms with Gasteiger partial charge in [-0.25, -0.2) is 4.98 Å². The zero-order valence-electron chi connectivity index (χ0n) is 13.2. The number of aromatic amines is 1. The van der Waals surface area contributed by atoms with Crippen molar-refractivity contribution in [3.8, 4) is 5.75 Å². The van der Waals surface area contributed by atoms with E-state index in [4.69, 9.17) is 4.74 Å². The number of ether oxygens (including phenoxy) is 1. The number of nitrogens with one attached hydrogen (secondary N) is 2. The molecule has 0 saturated heterocycles. The second kappa shape index (κ2) is 7.62. The summed E-state index contributed by atoms with van der Waals surface area (Å²) in [6, 6.07) is 8.24. The van der Waals surface area contributed by atoms with E-state index >= 15 is 0 Å². The number of benzene rings is 1. The highest BCUT2D eigenvalue weighted by Crippen LogP contribution is 2.17. The SMILES string of the molecule is Cc1nc(COc2ccc(C(=O)Nc3cc(Br)c[nH]c3=O)cc2)cs1. The number of aryl methyl sites for hydroxylation is 1. The zero-order chi connectivity index (χ0) is 17.8. The molecule has 0 atom stereocenters. The molecule has 0 saturated carbocycles. The highest BCUT2D eigenvalue weighted by atomic mass is 79.9. The van der Waals surface area contributed by atoms with Gasteiger partial charge in [0.25, 0.3) is 11.5 Å². The van der Waals surface area contributed by atoms with Gasteiger partial charge in [-0.15, -0.1) is 11.3 Å². The number of hydrogen-bond acceptors (Lipinski definition) is 5. The predicted molar refractivity (Wildman–Crippen MR) is 100 cm³/mol. The predicted octanol–water partition coefficient (Wildman–Crippen LogP) is 3.73. The number of H-pyrrole nitrogens is 1. The Morgan fingerprint density at radius 2 is 2.12 bits per heavy atom. The quantitative estimate of drug-likeness (QED) is 0.659. The first kappa shape index (κ1) is 17.4. The second-order valence-electron chi connectivity index (χ2n) is 5.19. The van der Waals surface area contributed by atoms with Crippen LogP contribution in [0.1, 0.15) is 21.1 Å². The van der Waals surface area contributed by atoms with Crippen molar-refractivity contribution in [1.82, 2.24) is 9.97 Å². The number of anilines is 1. The van der Waals surface area contributed by atoms with Gasteiger partial charge < -0.3 is 15.0 Å². The monoisotopic (exact) mass is 419 g/mol. The summed E-state index contributed by atoms with van der Waals surface area (Å²) in [4.78, 5) is 30.8. The van der Waals surface area contributed by atoms with Gasteiger partial charge in [-0.2, -0.15) is 0 Å². The normalized spacial score (nSPS) is 10.5. The number of carbonyl (C=O) groups excluding carboxylic acids is 1. The van der Waals surface area contributed by atoms with E-state index in [-0.39, 0.29) is 17.2 Å². The van der Waals surface area contributed by atoms with Crippen molar-refractivity contribution in [3.63, 3.8) is 0 Å². The molecule has 0 aliphatic carbocycles. The fraction of sp³-hybridized carbons (Fsp3) is 0.118. The molecule has 3 aromatic rings. The Labute approximate surface area is 156 Å². The summed E-state index contributed by atoms with van der Waals surface area (Å²) in [5, 5.41) is 5.53. The smallest absolute Gasteiger partial charge is 0.271 e. The van der Waals surface area contributed by atoms with Crippen LogP contribution >= 0.6 is 27.3 Å². The van der Waals surface area contributed by atoms with Crippen molar-refractivity contribution in [2.75, 3.05) is 5.32 Å². The molecule has 25 heavy (non-hydrogen) atoms. The van der Waals surface area contributed by atoms with Gasteiger partial charge >= 0.3 is 0 Å². The molecular formula is C17H14BrN3O3S. The Morgan fingerprint density at radius 3 is 2.80 bits per heavy atom. The third-order valence-electron chi connectivity index (χ3n) is 3.29. The number of carbonyl (C=O) groups is 1. The van der Waals surface area contributed by atoms with Crippen LogP contribution in [0.3, 0.4) is 0 Å². The number of thiazole rings is 1. The van der Waals surface area contributed by atoms with Crippen LogP contribution in [0, 0.1) is 6.92 Å². The van der Waals surface area contributed by atoms with E-state index in [0.29, 0.717) is 22.4 Å². The molecule has 1 amide bonds. The van der Waals surface area contributed by atoms with Crippen LogP contribution in [0.15, 0.2) is 51.2 Å². The van der Waals surface area contributed by atoms with E-state index in [9.17, 15) is 9.59 Å². The lowest BCUT2D eigenvalue weighted by Crippen LogP contribution is -2.19. The first-order chi connectivity index (χ1) is 12.0. The molecule has 0 aliphatic heterocycles. The van der Waals surface area contributed by atoms with Gasteiger partial charge in [-0.1, -0.05) is 0 Å². The summed E-state index contributed by atoms with van der Waals surface area (Å²) in [6.45, 7) is 2.32. The summed E-state index contributed by atoms with van der Waals surface area (Å²) in [7, 11) is 0. The third-order valence-corrected chi connectivity index (χ3v) is 4.57. The Balaban J connectivity index is 1.64. The molecule has 0 spiro atoms. The molecule has 3 rings (SSSR count). The van der Waals surface area contributed by atoms with Gasteiger partial charge in [0.15, 0.2) is 0 Å². The van der Waals surface area contributed by atoms with Gasteiger partial charge in [-0.3, -0.25) is 9.59 Å². The second-order valence-corrected chi connectivity index (χ2v) is 7.16.